The van der Waals surface area contributed by atoms with Crippen LogP contribution in [0.5, 0.6) is 11.6 Å². The van der Waals surface area contributed by atoms with Crippen molar-refractivity contribution in [3.63, 3.8) is 0 Å². The number of nitrogens with two attached hydrogens (primary N) is 1. The van der Waals surface area contributed by atoms with Crippen molar-refractivity contribution in [3.8, 4) is 11.6 Å². The largest absolute Gasteiger partial charge is 0.494 e. The van der Waals surface area contributed by atoms with Gasteiger partial charge >= 0.3 is 5.97 Å². The third-order valence-electron chi connectivity index (χ3n) is 2.67. The predicted octanol–water partition coefficient (Wildman–Crippen LogP) is 2.24. The maximum Gasteiger partial charge on any atom is 0.346 e. The Hall–Kier alpha value is -2.35. The minimum absolute atomic E-state index is 0.0358. The van der Waals surface area contributed by atoms with Gasteiger partial charge in [-0.2, -0.15) is 4.37 Å². The van der Waals surface area contributed by atoms with Gasteiger partial charge in [0.1, 0.15) is 11.6 Å². The molecule has 0 aliphatic carbocycles. The number of benzene rings is 1. The SMILES string of the molecule is COC(=O)c1c(OCc2ccc(OC)c(F)c2)nsc1N. The number of ether oxygens (including phenoxy) is 3. The van der Waals surface area contributed by atoms with Crippen LogP contribution in [0.2, 0.25) is 0 Å². The fourth-order valence-corrected chi connectivity index (χ4v) is 2.21. The van der Waals surface area contributed by atoms with Crippen LogP contribution in [0.3, 0.4) is 0 Å². The zero-order valence-corrected chi connectivity index (χ0v) is 12.2. The highest BCUT2D eigenvalue weighted by atomic mass is 32.1. The molecule has 0 spiro atoms. The average Bonchev–Trinajstić information content (AvgIpc) is 2.85. The summed E-state index contributed by atoms with van der Waals surface area (Å²) < 4.78 is 32.3. The van der Waals surface area contributed by atoms with E-state index in [1.165, 1.54) is 26.4 Å². The first-order valence-corrected chi connectivity index (χ1v) is 6.62. The van der Waals surface area contributed by atoms with Crippen molar-refractivity contribution in [2.45, 2.75) is 6.61 Å². The molecule has 1 aromatic carbocycles. The van der Waals surface area contributed by atoms with E-state index in [-0.39, 0.29) is 28.8 Å². The summed E-state index contributed by atoms with van der Waals surface area (Å²) in [4.78, 5) is 11.6. The van der Waals surface area contributed by atoms with Gasteiger partial charge < -0.3 is 19.9 Å². The highest BCUT2D eigenvalue weighted by Gasteiger charge is 2.21. The van der Waals surface area contributed by atoms with Crippen molar-refractivity contribution in [2.75, 3.05) is 20.0 Å². The van der Waals surface area contributed by atoms with Crippen molar-refractivity contribution < 1.29 is 23.4 Å². The molecule has 0 aliphatic heterocycles. The Kier molecular flexibility index (Phi) is 4.59. The third kappa shape index (κ3) is 3.22. The van der Waals surface area contributed by atoms with E-state index in [9.17, 15) is 9.18 Å². The molecule has 21 heavy (non-hydrogen) atoms. The minimum atomic E-state index is -0.628. The Morgan fingerprint density at radius 1 is 1.43 bits per heavy atom. The molecular weight excluding hydrogens is 299 g/mol. The monoisotopic (exact) mass is 312 g/mol. The van der Waals surface area contributed by atoms with Crippen LogP contribution in [0.1, 0.15) is 15.9 Å². The van der Waals surface area contributed by atoms with Gasteiger partial charge in [0.25, 0.3) is 0 Å². The van der Waals surface area contributed by atoms with Gasteiger partial charge in [-0.1, -0.05) is 6.07 Å². The Morgan fingerprint density at radius 3 is 2.81 bits per heavy atom. The Bertz CT molecular complexity index is 660. The summed E-state index contributed by atoms with van der Waals surface area (Å²) >= 11 is 0.927. The van der Waals surface area contributed by atoms with Crippen molar-refractivity contribution in [1.29, 1.82) is 0 Å². The van der Waals surface area contributed by atoms with E-state index in [2.05, 4.69) is 9.11 Å². The third-order valence-corrected chi connectivity index (χ3v) is 3.33. The molecule has 0 saturated carbocycles. The lowest BCUT2D eigenvalue weighted by Gasteiger charge is -2.07. The van der Waals surface area contributed by atoms with E-state index in [1.54, 1.807) is 6.07 Å². The lowest BCUT2D eigenvalue weighted by Crippen LogP contribution is -2.06. The second kappa shape index (κ2) is 6.40. The highest BCUT2D eigenvalue weighted by Crippen LogP contribution is 2.29. The maximum atomic E-state index is 13.6. The van der Waals surface area contributed by atoms with Gasteiger partial charge in [-0.15, -0.1) is 0 Å². The number of hydrogen-bond acceptors (Lipinski definition) is 7. The van der Waals surface area contributed by atoms with E-state index in [1.807, 2.05) is 0 Å². The van der Waals surface area contributed by atoms with E-state index >= 15 is 0 Å². The summed E-state index contributed by atoms with van der Waals surface area (Å²) in [6.07, 6.45) is 0. The minimum Gasteiger partial charge on any atom is -0.494 e. The Morgan fingerprint density at radius 2 is 2.19 bits per heavy atom. The van der Waals surface area contributed by atoms with Crippen LogP contribution >= 0.6 is 11.5 Å². The molecule has 2 aromatic rings. The number of anilines is 1. The van der Waals surface area contributed by atoms with Gasteiger partial charge in [0.05, 0.1) is 14.2 Å². The molecule has 8 heteroatoms. The lowest BCUT2D eigenvalue weighted by atomic mass is 10.2. The van der Waals surface area contributed by atoms with Crippen LogP contribution in [-0.2, 0) is 11.3 Å². The second-order valence-electron chi connectivity index (χ2n) is 3.98. The van der Waals surface area contributed by atoms with Crippen molar-refractivity contribution in [1.82, 2.24) is 4.37 Å². The molecule has 2 N–H and O–H groups in total. The van der Waals surface area contributed by atoms with Crippen LogP contribution in [0.15, 0.2) is 18.2 Å². The molecule has 1 aromatic heterocycles. The van der Waals surface area contributed by atoms with Crippen LogP contribution in [0.4, 0.5) is 9.39 Å². The first-order valence-electron chi connectivity index (χ1n) is 5.85. The summed E-state index contributed by atoms with van der Waals surface area (Å²) in [5.74, 6) is -0.908. The topological polar surface area (TPSA) is 83.7 Å². The smallest absolute Gasteiger partial charge is 0.346 e. The maximum absolute atomic E-state index is 13.6. The number of nitrogens with zero attached hydrogens (tertiary/aromatic N) is 1. The number of aromatic nitrogens is 1. The molecule has 1 heterocycles. The first kappa shape index (κ1) is 15.0. The molecule has 6 nitrogen and oxygen atoms in total. The number of esters is 1. The van der Waals surface area contributed by atoms with E-state index in [0.717, 1.165) is 11.5 Å². The Labute approximate surface area is 124 Å². The lowest BCUT2D eigenvalue weighted by molar-refractivity contribution is 0.0597. The van der Waals surface area contributed by atoms with Gasteiger partial charge in [0, 0.05) is 0 Å². The Balaban J connectivity index is 2.13. The standard InChI is InChI=1S/C13H13FN2O4S/c1-18-9-4-3-7(5-8(9)14)6-20-12-10(13(17)19-2)11(15)21-16-12/h3-5H,6,15H2,1-2H3. The summed E-state index contributed by atoms with van der Waals surface area (Å²) in [6, 6.07) is 4.42. The molecule has 0 atom stereocenters. The molecule has 2 rings (SSSR count). The molecule has 0 bridgehead atoms. The van der Waals surface area contributed by atoms with E-state index in [4.69, 9.17) is 15.2 Å². The summed E-state index contributed by atoms with van der Waals surface area (Å²) in [7, 11) is 2.62. The van der Waals surface area contributed by atoms with Gasteiger partial charge in [-0.05, 0) is 29.2 Å². The number of halogens is 1. The van der Waals surface area contributed by atoms with Crippen LogP contribution in [0.25, 0.3) is 0 Å². The molecule has 0 radical (unpaired) electrons. The zero-order valence-electron chi connectivity index (χ0n) is 11.4. The van der Waals surface area contributed by atoms with Gasteiger partial charge in [0.15, 0.2) is 17.1 Å². The summed E-state index contributed by atoms with van der Waals surface area (Å²) in [5.41, 5.74) is 6.29. The fourth-order valence-electron chi connectivity index (χ4n) is 1.63. The molecule has 0 unspecified atom stereocenters. The van der Waals surface area contributed by atoms with Crippen molar-refractivity contribution in [3.05, 3.63) is 35.1 Å². The number of hydrogen-bond donors (Lipinski definition) is 1. The summed E-state index contributed by atoms with van der Waals surface area (Å²) in [5, 5.41) is 0.206. The number of methoxy groups -OCH3 is 2. The highest BCUT2D eigenvalue weighted by molar-refractivity contribution is 7.10. The molecule has 0 saturated heterocycles. The number of rotatable bonds is 5. The quantitative estimate of drug-likeness (QED) is 0.852. The van der Waals surface area contributed by atoms with Gasteiger partial charge in [-0.25, -0.2) is 9.18 Å². The van der Waals surface area contributed by atoms with Crippen LogP contribution in [0, 0.1) is 5.82 Å². The van der Waals surface area contributed by atoms with Crippen molar-refractivity contribution >= 4 is 22.5 Å². The van der Waals surface area contributed by atoms with Crippen LogP contribution in [-0.4, -0.2) is 24.6 Å². The fraction of sp³-hybridized carbons (Fsp3) is 0.231. The summed E-state index contributed by atoms with van der Waals surface area (Å²) in [6.45, 7) is 0.0358. The zero-order chi connectivity index (χ0) is 15.4. The molecule has 0 fully saturated rings. The van der Waals surface area contributed by atoms with E-state index < -0.39 is 11.8 Å². The number of carbonyl (C=O) groups is 1. The van der Waals surface area contributed by atoms with Crippen molar-refractivity contribution in [2.24, 2.45) is 0 Å². The molecule has 0 amide bonds. The molecular formula is C13H13FN2O4S. The molecule has 0 aliphatic rings. The van der Waals surface area contributed by atoms with Gasteiger partial charge in [-0.3, -0.25) is 0 Å². The van der Waals surface area contributed by atoms with Gasteiger partial charge in [0.2, 0.25) is 5.88 Å². The first-order chi connectivity index (χ1) is 10.1. The number of nitrogen functional groups attached to an aromatic ring is 1. The van der Waals surface area contributed by atoms with E-state index in [0.29, 0.717) is 5.56 Å². The number of carbonyl (C=O) groups excluding carboxylic acids is 1. The normalized spacial score (nSPS) is 10.2. The second-order valence-corrected chi connectivity index (χ2v) is 4.78. The average molecular weight is 312 g/mol. The molecule has 112 valence electrons. The van der Waals surface area contributed by atoms with Crippen LogP contribution < -0.4 is 15.2 Å². The predicted molar refractivity (Wildman–Crippen MR) is 75.1 cm³/mol.